The predicted molar refractivity (Wildman–Crippen MR) is 73.0 cm³/mol. The van der Waals surface area contributed by atoms with Crippen molar-refractivity contribution in [1.82, 2.24) is 0 Å². The Morgan fingerprint density at radius 3 is 2.10 bits per heavy atom. The molecule has 2 rings (SSSR count). The summed E-state index contributed by atoms with van der Waals surface area (Å²) in [6.45, 7) is 0. The summed E-state index contributed by atoms with van der Waals surface area (Å²) >= 11 is 0. The molecule has 1 N–H and O–H groups in total. The number of nitrogens with zero attached hydrogens (tertiary/aromatic N) is 1. The first-order chi connectivity index (χ1) is 13.0. The van der Waals surface area contributed by atoms with Gasteiger partial charge < -0.3 is 10.1 Å². The Hall–Kier alpha value is -2.78. The number of benzene rings is 1. The van der Waals surface area contributed by atoms with Crippen molar-refractivity contribution in [3.8, 4) is 5.75 Å². The van der Waals surface area contributed by atoms with E-state index < -0.39 is 57.7 Å². The van der Waals surface area contributed by atoms with Gasteiger partial charge in [-0.15, -0.1) is 0 Å². The number of halogens is 9. The lowest BCUT2D eigenvalue weighted by atomic mass is 9.99. The molecule has 1 aliphatic heterocycles. The zero-order valence-electron chi connectivity index (χ0n) is 13.6. The molecule has 1 aliphatic rings. The number of methoxy groups -OCH3 is 1. The zero-order valence-corrected chi connectivity index (χ0v) is 13.6. The Labute approximate surface area is 153 Å². The van der Waals surface area contributed by atoms with Crippen LogP contribution in [-0.4, -0.2) is 47.7 Å². The molecule has 0 bridgehead atoms. The van der Waals surface area contributed by atoms with Gasteiger partial charge in [0.2, 0.25) is 0 Å². The molecular weight excluding hydrogens is 435 g/mol. The molecule has 1 heterocycles. The van der Waals surface area contributed by atoms with Gasteiger partial charge in [-0.2, -0.15) is 39.5 Å². The molecule has 29 heavy (non-hydrogen) atoms. The Bertz CT molecular complexity index is 863. The number of nitrogens with one attached hydrogen (secondary N) is 1. The quantitative estimate of drug-likeness (QED) is 0.427. The first-order valence-electron chi connectivity index (χ1n) is 7.00. The summed E-state index contributed by atoms with van der Waals surface area (Å²) in [7, 11) is 0.876. The second kappa shape index (κ2) is 6.36. The molecule has 162 valence electrons. The van der Waals surface area contributed by atoms with E-state index in [1.165, 1.54) is 0 Å². The van der Waals surface area contributed by atoms with Crippen LogP contribution in [0.2, 0.25) is 0 Å². The lowest BCUT2D eigenvalue weighted by Crippen LogP contribution is -2.63. The number of rotatable bonds is 5. The Balaban J connectivity index is 2.48. The van der Waals surface area contributed by atoms with Gasteiger partial charge in [-0.05, 0) is 6.07 Å². The van der Waals surface area contributed by atoms with Crippen LogP contribution in [0.15, 0.2) is 18.2 Å². The maximum Gasteiger partial charge on any atom is 0.428 e. The number of anilines is 1. The topological polar surface area (TPSA) is 90.7 Å². The molecular formula is C13H7F9N2O5. The minimum Gasteiger partial charge on any atom is -0.495 e. The standard InChI is InChI=1S/C13H7F9N2O5/c1-28-7-3-2-5(24(26)27)4-6(7)23-8(25)9(14,15)12(20)10(16,17)11(18,19)13(21,22)29-12/h2-4H,1H3,(H,23,25)/t12-/m0/s1. The number of carbonyl (C=O) groups excluding carboxylic acids is 1. The minimum absolute atomic E-state index is 0.370. The Kier molecular flexibility index (Phi) is 4.94. The summed E-state index contributed by atoms with van der Waals surface area (Å²) in [6, 6.07) is 1.88. The van der Waals surface area contributed by atoms with Crippen LogP contribution in [0.4, 0.5) is 50.9 Å². The van der Waals surface area contributed by atoms with E-state index in [0.717, 1.165) is 24.6 Å². The van der Waals surface area contributed by atoms with Gasteiger partial charge in [-0.25, -0.2) is 0 Å². The van der Waals surface area contributed by atoms with Crippen LogP contribution in [0.1, 0.15) is 0 Å². The molecule has 0 unspecified atom stereocenters. The molecule has 7 nitrogen and oxygen atoms in total. The zero-order chi connectivity index (χ0) is 22.6. The normalized spacial score (nSPS) is 24.8. The van der Waals surface area contributed by atoms with Crippen LogP contribution in [0, 0.1) is 10.1 Å². The molecule has 1 amide bonds. The van der Waals surface area contributed by atoms with Crippen LogP contribution in [0.3, 0.4) is 0 Å². The smallest absolute Gasteiger partial charge is 0.428 e. The summed E-state index contributed by atoms with van der Waals surface area (Å²) in [5.74, 6) is -30.1. The maximum absolute atomic E-state index is 14.1. The number of hydrogen-bond donors (Lipinski definition) is 1. The van der Waals surface area contributed by atoms with Gasteiger partial charge in [-0.1, -0.05) is 0 Å². The molecule has 0 spiro atoms. The van der Waals surface area contributed by atoms with Gasteiger partial charge in [0, 0.05) is 12.1 Å². The second-order valence-electron chi connectivity index (χ2n) is 5.53. The molecule has 0 aliphatic carbocycles. The molecule has 1 aromatic carbocycles. The van der Waals surface area contributed by atoms with Crippen molar-refractivity contribution in [3.63, 3.8) is 0 Å². The summed E-state index contributed by atoms with van der Waals surface area (Å²) < 4.78 is 128. The molecule has 0 radical (unpaired) electrons. The Morgan fingerprint density at radius 1 is 1.14 bits per heavy atom. The van der Waals surface area contributed by atoms with E-state index >= 15 is 0 Å². The van der Waals surface area contributed by atoms with Gasteiger partial charge >= 0.3 is 35.6 Å². The highest BCUT2D eigenvalue weighted by atomic mass is 19.4. The molecule has 0 saturated carbocycles. The van der Waals surface area contributed by atoms with Crippen molar-refractivity contribution in [2.75, 3.05) is 12.4 Å². The van der Waals surface area contributed by atoms with Crippen LogP contribution in [-0.2, 0) is 9.53 Å². The van der Waals surface area contributed by atoms with Gasteiger partial charge in [0.15, 0.2) is 0 Å². The lowest BCUT2D eigenvalue weighted by molar-refractivity contribution is -0.384. The second-order valence-corrected chi connectivity index (χ2v) is 5.53. The minimum atomic E-state index is -6.85. The van der Waals surface area contributed by atoms with Crippen molar-refractivity contribution in [2.45, 2.75) is 29.7 Å². The van der Waals surface area contributed by atoms with Crippen molar-refractivity contribution < 1.29 is 58.7 Å². The third kappa shape index (κ3) is 2.92. The fourth-order valence-corrected chi connectivity index (χ4v) is 2.20. The molecule has 1 saturated heterocycles. The number of non-ortho nitro benzene ring substituents is 1. The fourth-order valence-electron chi connectivity index (χ4n) is 2.20. The first kappa shape index (κ1) is 22.5. The number of hydrogen-bond acceptors (Lipinski definition) is 5. The first-order valence-corrected chi connectivity index (χ1v) is 7.00. The Morgan fingerprint density at radius 2 is 1.69 bits per heavy atom. The van der Waals surface area contributed by atoms with Crippen molar-refractivity contribution in [3.05, 3.63) is 28.3 Å². The van der Waals surface area contributed by atoms with Crippen LogP contribution >= 0.6 is 0 Å². The average Bonchev–Trinajstić information content (AvgIpc) is 2.69. The van der Waals surface area contributed by atoms with Crippen LogP contribution in [0.5, 0.6) is 5.75 Å². The fraction of sp³-hybridized carbons (Fsp3) is 0.462. The van der Waals surface area contributed by atoms with Crippen molar-refractivity contribution >= 4 is 17.3 Å². The predicted octanol–water partition coefficient (Wildman–Crippen LogP) is 3.74. The van der Waals surface area contributed by atoms with Crippen LogP contribution < -0.4 is 10.1 Å². The van der Waals surface area contributed by atoms with Gasteiger partial charge in [-0.3, -0.25) is 19.6 Å². The van der Waals surface area contributed by atoms with Crippen molar-refractivity contribution in [1.29, 1.82) is 0 Å². The van der Waals surface area contributed by atoms with E-state index in [9.17, 15) is 54.4 Å². The van der Waals surface area contributed by atoms with E-state index in [1.807, 2.05) is 0 Å². The van der Waals surface area contributed by atoms with E-state index in [2.05, 4.69) is 9.47 Å². The molecule has 1 atom stereocenters. The third-order valence-electron chi connectivity index (χ3n) is 3.76. The van der Waals surface area contributed by atoms with E-state index in [4.69, 9.17) is 0 Å². The highest BCUT2D eigenvalue weighted by molar-refractivity contribution is 5.98. The summed E-state index contributed by atoms with van der Waals surface area (Å²) in [6.07, 6.45) is -6.39. The molecule has 1 fully saturated rings. The highest BCUT2D eigenvalue weighted by Crippen LogP contribution is 2.64. The van der Waals surface area contributed by atoms with E-state index in [1.54, 1.807) is 0 Å². The summed E-state index contributed by atoms with van der Waals surface area (Å²) in [5, 5.41) is 11.7. The largest absolute Gasteiger partial charge is 0.495 e. The molecule has 0 aromatic heterocycles. The summed E-state index contributed by atoms with van der Waals surface area (Å²) in [5.41, 5.74) is -1.85. The number of amides is 1. The lowest BCUT2D eigenvalue weighted by Gasteiger charge is -2.31. The SMILES string of the molecule is COc1ccc([N+](=O)[O-])cc1NC(=O)C(F)(F)[C@]1(F)OC(F)(F)C(F)(F)C1(F)F. The number of carbonyl (C=O) groups is 1. The van der Waals surface area contributed by atoms with Gasteiger partial charge in [0.25, 0.3) is 5.69 Å². The third-order valence-corrected chi connectivity index (χ3v) is 3.76. The number of ether oxygens (including phenoxy) is 2. The molecule has 1 aromatic rings. The number of nitro groups is 1. The van der Waals surface area contributed by atoms with Crippen LogP contribution in [0.25, 0.3) is 0 Å². The molecule has 16 heteroatoms. The summed E-state index contributed by atoms with van der Waals surface area (Å²) in [4.78, 5) is 21.3. The maximum atomic E-state index is 14.1. The van der Waals surface area contributed by atoms with Gasteiger partial charge in [0.05, 0.1) is 17.7 Å². The number of nitro benzene ring substituents is 1. The highest BCUT2D eigenvalue weighted by Gasteiger charge is 2.96. The van der Waals surface area contributed by atoms with E-state index in [-0.39, 0.29) is 0 Å². The average molecular weight is 442 g/mol. The van der Waals surface area contributed by atoms with E-state index in [0.29, 0.717) is 6.07 Å². The number of alkyl halides is 9. The van der Waals surface area contributed by atoms with Gasteiger partial charge in [0.1, 0.15) is 5.75 Å². The monoisotopic (exact) mass is 442 g/mol. The van der Waals surface area contributed by atoms with Crippen molar-refractivity contribution in [2.24, 2.45) is 0 Å².